The Morgan fingerprint density at radius 3 is 2.65 bits per heavy atom. The average molecular weight is 351 g/mol. The SMILES string of the molecule is N#Cc1cnc(N2CCN(CCn3nc4c(cc3=O)CCC4)CC2)cn1. The van der Waals surface area contributed by atoms with Gasteiger partial charge in [-0.25, -0.2) is 14.6 Å². The minimum absolute atomic E-state index is 0.0112. The van der Waals surface area contributed by atoms with E-state index in [1.165, 1.54) is 6.20 Å². The largest absolute Gasteiger partial charge is 0.353 e. The lowest BCUT2D eigenvalue weighted by molar-refractivity contribution is 0.242. The molecular weight excluding hydrogens is 330 g/mol. The molecule has 0 saturated carbocycles. The molecule has 2 aromatic heterocycles. The van der Waals surface area contributed by atoms with Crippen LogP contribution in [-0.4, -0.2) is 57.4 Å². The van der Waals surface area contributed by atoms with E-state index in [4.69, 9.17) is 5.26 Å². The summed E-state index contributed by atoms with van der Waals surface area (Å²) < 4.78 is 1.61. The molecule has 4 rings (SSSR count). The van der Waals surface area contributed by atoms with Crippen LogP contribution in [0.4, 0.5) is 5.82 Å². The Labute approximate surface area is 151 Å². The first-order valence-electron chi connectivity index (χ1n) is 9.02. The van der Waals surface area contributed by atoms with Crippen LogP contribution >= 0.6 is 0 Å². The van der Waals surface area contributed by atoms with Crippen molar-refractivity contribution in [3.8, 4) is 6.07 Å². The maximum Gasteiger partial charge on any atom is 0.267 e. The van der Waals surface area contributed by atoms with Crippen molar-refractivity contribution in [2.75, 3.05) is 37.6 Å². The zero-order chi connectivity index (χ0) is 17.9. The van der Waals surface area contributed by atoms with E-state index in [-0.39, 0.29) is 5.56 Å². The van der Waals surface area contributed by atoms with Crippen LogP contribution in [0.15, 0.2) is 23.3 Å². The van der Waals surface area contributed by atoms with Gasteiger partial charge < -0.3 is 4.90 Å². The molecule has 0 N–H and O–H groups in total. The highest BCUT2D eigenvalue weighted by Gasteiger charge is 2.19. The molecule has 0 bridgehead atoms. The van der Waals surface area contributed by atoms with Crippen LogP contribution < -0.4 is 10.5 Å². The van der Waals surface area contributed by atoms with Crippen molar-refractivity contribution in [3.05, 3.63) is 45.8 Å². The van der Waals surface area contributed by atoms with Gasteiger partial charge in [0.25, 0.3) is 5.56 Å². The van der Waals surface area contributed by atoms with Gasteiger partial charge in [0.05, 0.1) is 24.6 Å². The molecule has 2 aliphatic rings. The predicted molar refractivity (Wildman–Crippen MR) is 95.9 cm³/mol. The summed E-state index contributed by atoms with van der Waals surface area (Å²) in [5.41, 5.74) is 2.56. The van der Waals surface area contributed by atoms with Crippen LogP contribution in [0.1, 0.15) is 23.4 Å². The predicted octanol–water partition coefficient (Wildman–Crippen LogP) is 0.216. The van der Waals surface area contributed by atoms with Gasteiger partial charge in [0.15, 0.2) is 5.69 Å². The molecule has 0 aromatic carbocycles. The molecule has 8 heteroatoms. The van der Waals surface area contributed by atoms with Crippen molar-refractivity contribution < 1.29 is 0 Å². The lowest BCUT2D eigenvalue weighted by Gasteiger charge is -2.35. The molecule has 0 unspecified atom stereocenters. The maximum atomic E-state index is 12.2. The molecule has 1 aliphatic heterocycles. The average Bonchev–Trinajstić information content (AvgIpc) is 3.14. The van der Waals surface area contributed by atoms with E-state index in [0.29, 0.717) is 12.2 Å². The van der Waals surface area contributed by atoms with Gasteiger partial charge in [0.1, 0.15) is 11.9 Å². The second-order valence-electron chi connectivity index (χ2n) is 6.73. The van der Waals surface area contributed by atoms with Crippen molar-refractivity contribution in [1.29, 1.82) is 5.26 Å². The maximum absolute atomic E-state index is 12.2. The third-order valence-corrected chi connectivity index (χ3v) is 5.10. The molecule has 2 aromatic rings. The molecule has 1 fully saturated rings. The van der Waals surface area contributed by atoms with E-state index >= 15 is 0 Å². The Morgan fingerprint density at radius 2 is 1.92 bits per heavy atom. The van der Waals surface area contributed by atoms with E-state index in [9.17, 15) is 4.79 Å². The number of aryl methyl sites for hydroxylation is 2. The zero-order valence-electron chi connectivity index (χ0n) is 14.6. The first-order valence-corrected chi connectivity index (χ1v) is 9.02. The molecule has 26 heavy (non-hydrogen) atoms. The monoisotopic (exact) mass is 351 g/mol. The van der Waals surface area contributed by atoms with Crippen LogP contribution in [0.25, 0.3) is 0 Å². The summed E-state index contributed by atoms with van der Waals surface area (Å²) in [7, 11) is 0. The molecule has 1 saturated heterocycles. The Morgan fingerprint density at radius 1 is 1.08 bits per heavy atom. The van der Waals surface area contributed by atoms with Gasteiger partial charge in [-0.2, -0.15) is 10.4 Å². The Bertz CT molecular complexity index is 876. The van der Waals surface area contributed by atoms with E-state index < -0.39 is 0 Å². The van der Waals surface area contributed by atoms with E-state index in [1.54, 1.807) is 16.9 Å². The number of piperazine rings is 1. The highest BCUT2D eigenvalue weighted by Crippen LogP contribution is 2.17. The number of nitrogens with zero attached hydrogens (tertiary/aromatic N) is 7. The molecule has 134 valence electrons. The van der Waals surface area contributed by atoms with E-state index in [2.05, 4.69) is 24.9 Å². The third-order valence-electron chi connectivity index (χ3n) is 5.10. The van der Waals surface area contributed by atoms with Crippen molar-refractivity contribution in [2.24, 2.45) is 0 Å². The fraction of sp³-hybridized carbons (Fsp3) is 0.500. The van der Waals surface area contributed by atoms with Crippen LogP contribution in [-0.2, 0) is 19.4 Å². The van der Waals surface area contributed by atoms with Gasteiger partial charge >= 0.3 is 0 Å². The first kappa shape index (κ1) is 16.7. The highest BCUT2D eigenvalue weighted by molar-refractivity contribution is 5.37. The molecule has 0 amide bonds. The molecule has 0 radical (unpaired) electrons. The summed E-state index contributed by atoms with van der Waals surface area (Å²) in [5, 5.41) is 13.3. The quantitative estimate of drug-likeness (QED) is 0.778. The van der Waals surface area contributed by atoms with Gasteiger partial charge in [-0.1, -0.05) is 0 Å². The summed E-state index contributed by atoms with van der Waals surface area (Å²) in [5.74, 6) is 0.806. The number of hydrogen-bond donors (Lipinski definition) is 0. The number of rotatable bonds is 4. The smallest absolute Gasteiger partial charge is 0.267 e. The van der Waals surface area contributed by atoms with E-state index in [1.807, 2.05) is 6.07 Å². The lowest BCUT2D eigenvalue weighted by Crippen LogP contribution is -2.48. The summed E-state index contributed by atoms with van der Waals surface area (Å²) in [6, 6.07) is 3.74. The molecule has 0 spiro atoms. The van der Waals surface area contributed by atoms with Gasteiger partial charge in [0.2, 0.25) is 0 Å². The fourth-order valence-corrected chi connectivity index (χ4v) is 3.58. The van der Waals surface area contributed by atoms with Gasteiger partial charge in [-0.15, -0.1) is 0 Å². The topological polar surface area (TPSA) is 90.9 Å². The minimum Gasteiger partial charge on any atom is -0.353 e. The fourth-order valence-electron chi connectivity index (χ4n) is 3.58. The normalized spacial score (nSPS) is 17.1. The number of aromatic nitrogens is 4. The minimum atomic E-state index is 0.0112. The van der Waals surface area contributed by atoms with Gasteiger partial charge in [-0.05, 0) is 24.8 Å². The first-order chi connectivity index (χ1) is 12.7. The highest BCUT2D eigenvalue weighted by atomic mass is 16.1. The standard InChI is InChI=1S/C18H21N7O/c19-11-15-12-21-17(13-20-15)24-7-4-23(5-8-24)6-9-25-18(26)10-14-2-1-3-16(14)22-25/h10,12-13H,1-9H2. The number of fused-ring (bicyclic) bond motifs is 1. The van der Waals surface area contributed by atoms with Crippen LogP contribution in [0.2, 0.25) is 0 Å². The Hall–Kier alpha value is -2.79. The van der Waals surface area contributed by atoms with Gasteiger partial charge in [-0.3, -0.25) is 9.69 Å². The second kappa shape index (κ2) is 7.22. The lowest BCUT2D eigenvalue weighted by atomic mass is 10.2. The Balaban J connectivity index is 1.31. The summed E-state index contributed by atoms with van der Waals surface area (Å²) in [6.45, 7) is 4.96. The van der Waals surface area contributed by atoms with Crippen molar-refractivity contribution in [2.45, 2.75) is 25.8 Å². The van der Waals surface area contributed by atoms with Crippen LogP contribution in [0.3, 0.4) is 0 Å². The zero-order valence-corrected chi connectivity index (χ0v) is 14.6. The third kappa shape index (κ3) is 3.44. The Kier molecular flexibility index (Phi) is 4.63. The van der Waals surface area contributed by atoms with Crippen molar-refractivity contribution >= 4 is 5.82 Å². The molecule has 1 aliphatic carbocycles. The number of hydrogen-bond acceptors (Lipinski definition) is 7. The summed E-state index contributed by atoms with van der Waals surface area (Å²) in [4.78, 5) is 25.1. The molecule has 8 nitrogen and oxygen atoms in total. The van der Waals surface area contributed by atoms with Crippen molar-refractivity contribution in [1.82, 2.24) is 24.6 Å². The summed E-state index contributed by atoms with van der Waals surface area (Å²) in [6.07, 6.45) is 6.24. The molecule has 0 atom stereocenters. The van der Waals surface area contributed by atoms with Crippen LogP contribution in [0.5, 0.6) is 0 Å². The van der Waals surface area contributed by atoms with Crippen LogP contribution in [0, 0.1) is 11.3 Å². The number of anilines is 1. The second-order valence-corrected chi connectivity index (χ2v) is 6.73. The number of nitriles is 1. The van der Waals surface area contributed by atoms with Crippen molar-refractivity contribution in [3.63, 3.8) is 0 Å². The van der Waals surface area contributed by atoms with E-state index in [0.717, 1.165) is 69.1 Å². The summed E-state index contributed by atoms with van der Waals surface area (Å²) >= 11 is 0. The molecular formula is C18H21N7O. The molecule has 3 heterocycles. The van der Waals surface area contributed by atoms with Gasteiger partial charge in [0, 0.05) is 38.8 Å².